The van der Waals surface area contributed by atoms with Crippen LogP contribution in [0.5, 0.6) is 5.75 Å². The van der Waals surface area contributed by atoms with Crippen LogP contribution in [0.3, 0.4) is 0 Å². The first-order valence-corrected chi connectivity index (χ1v) is 8.15. The Kier molecular flexibility index (Phi) is 4.68. The molecule has 0 aliphatic heterocycles. The fourth-order valence-corrected chi connectivity index (χ4v) is 3.12. The molecule has 2 heterocycles. The molecule has 0 aliphatic rings. The average Bonchev–Trinajstić information content (AvgIpc) is 3.23. The summed E-state index contributed by atoms with van der Waals surface area (Å²) in [6.07, 6.45) is 2.82. The van der Waals surface area contributed by atoms with E-state index in [1.807, 2.05) is 5.38 Å². The number of aromatic hydroxyl groups is 1. The third kappa shape index (κ3) is 3.32. The first-order valence-electron chi connectivity index (χ1n) is 6.89. The number of nitro groups is 1. The maximum Gasteiger partial charge on any atom is 0.312 e. The quantitative estimate of drug-likeness (QED) is 0.426. The van der Waals surface area contributed by atoms with Gasteiger partial charge < -0.3 is 9.52 Å². The third-order valence-electron chi connectivity index (χ3n) is 3.24. The lowest BCUT2D eigenvalue weighted by Gasteiger charge is -2.03. The van der Waals surface area contributed by atoms with E-state index in [9.17, 15) is 15.2 Å². The van der Waals surface area contributed by atoms with Crippen molar-refractivity contribution in [3.05, 3.63) is 61.4 Å². The topological polar surface area (TPSA) is 106 Å². The first kappa shape index (κ1) is 16.9. The van der Waals surface area contributed by atoms with E-state index in [2.05, 4.69) is 10.1 Å². The van der Waals surface area contributed by atoms with E-state index in [1.54, 1.807) is 19.2 Å². The van der Waals surface area contributed by atoms with Gasteiger partial charge in [0.2, 0.25) is 10.6 Å². The normalized spacial score (nSPS) is 12.2. The molecule has 0 fully saturated rings. The zero-order valence-electron chi connectivity index (χ0n) is 12.8. The van der Waals surface area contributed by atoms with Crippen LogP contribution < -0.4 is 4.80 Å². The smallest absolute Gasteiger partial charge is 0.312 e. The molecule has 3 rings (SSSR count). The highest BCUT2D eigenvalue weighted by molar-refractivity contribution is 7.07. The Balaban J connectivity index is 2.10. The van der Waals surface area contributed by atoms with E-state index >= 15 is 0 Å². The van der Waals surface area contributed by atoms with E-state index in [1.165, 1.54) is 34.6 Å². The molecular weight excluding hydrogens is 368 g/mol. The zero-order valence-corrected chi connectivity index (χ0v) is 14.4. The number of furan rings is 1. The zero-order chi connectivity index (χ0) is 18.0. The van der Waals surface area contributed by atoms with E-state index < -0.39 is 16.4 Å². The van der Waals surface area contributed by atoms with Gasteiger partial charge in [0.1, 0.15) is 5.69 Å². The number of thiazole rings is 1. The SMILES string of the molecule is CN=c1scc(-c2ccco2)n1N=Cc1cc(Cl)cc([N+](=O)[O-])c1O. The van der Waals surface area contributed by atoms with Crippen molar-refractivity contribution in [3.63, 3.8) is 0 Å². The van der Waals surface area contributed by atoms with Crippen LogP contribution in [0.2, 0.25) is 5.02 Å². The summed E-state index contributed by atoms with van der Waals surface area (Å²) in [5.74, 6) is 0.0770. The Morgan fingerprint density at radius 1 is 1.48 bits per heavy atom. The van der Waals surface area contributed by atoms with Crippen molar-refractivity contribution in [2.45, 2.75) is 0 Å². The second kappa shape index (κ2) is 6.91. The first-order chi connectivity index (χ1) is 12.0. The second-order valence-corrected chi connectivity index (χ2v) is 6.05. The highest BCUT2D eigenvalue weighted by Gasteiger charge is 2.18. The van der Waals surface area contributed by atoms with Gasteiger partial charge in [0.05, 0.1) is 17.4 Å². The molecule has 0 bridgehead atoms. The summed E-state index contributed by atoms with van der Waals surface area (Å²) in [6, 6.07) is 5.98. The predicted octanol–water partition coefficient (Wildman–Crippen LogP) is 3.49. The minimum Gasteiger partial charge on any atom is -0.502 e. The minimum atomic E-state index is -0.711. The summed E-state index contributed by atoms with van der Waals surface area (Å²) in [6.45, 7) is 0. The molecular formula is C15H11ClN4O4S. The van der Waals surface area contributed by atoms with Crippen LogP contribution in [0.4, 0.5) is 5.69 Å². The summed E-state index contributed by atoms with van der Waals surface area (Å²) in [4.78, 5) is 15.0. The fraction of sp³-hybridized carbons (Fsp3) is 0.0667. The number of halogens is 1. The Bertz CT molecular complexity index is 1020. The summed E-state index contributed by atoms with van der Waals surface area (Å²) < 4.78 is 6.88. The van der Waals surface area contributed by atoms with Gasteiger partial charge in [0, 0.05) is 29.1 Å². The number of hydrogen-bond acceptors (Lipinski definition) is 7. The summed E-state index contributed by atoms with van der Waals surface area (Å²) >= 11 is 7.23. The van der Waals surface area contributed by atoms with Crippen LogP contribution in [-0.4, -0.2) is 28.0 Å². The van der Waals surface area contributed by atoms with Crippen molar-refractivity contribution in [1.82, 2.24) is 4.68 Å². The van der Waals surface area contributed by atoms with Crippen molar-refractivity contribution in [2.75, 3.05) is 7.05 Å². The van der Waals surface area contributed by atoms with Gasteiger partial charge in [-0.15, -0.1) is 11.3 Å². The lowest BCUT2D eigenvalue weighted by molar-refractivity contribution is -0.385. The minimum absolute atomic E-state index is 0.116. The molecule has 0 unspecified atom stereocenters. The number of nitro benzene ring substituents is 1. The molecule has 0 saturated heterocycles. The Morgan fingerprint density at radius 3 is 2.92 bits per heavy atom. The van der Waals surface area contributed by atoms with Gasteiger partial charge in [-0.05, 0) is 18.2 Å². The molecule has 0 spiro atoms. The van der Waals surface area contributed by atoms with Crippen molar-refractivity contribution in [3.8, 4) is 17.2 Å². The van der Waals surface area contributed by atoms with E-state index in [4.69, 9.17) is 16.0 Å². The molecule has 1 aromatic carbocycles. The molecule has 0 saturated carbocycles. The number of phenolic OH excluding ortho intramolecular Hbond substituents is 1. The Hall–Kier alpha value is -2.91. The predicted molar refractivity (Wildman–Crippen MR) is 94.3 cm³/mol. The molecule has 0 radical (unpaired) electrons. The number of nitrogens with zero attached hydrogens (tertiary/aromatic N) is 4. The van der Waals surface area contributed by atoms with Crippen LogP contribution in [-0.2, 0) is 0 Å². The Morgan fingerprint density at radius 2 is 2.28 bits per heavy atom. The molecule has 2 aromatic heterocycles. The number of benzene rings is 1. The molecule has 0 atom stereocenters. The average molecular weight is 379 g/mol. The van der Waals surface area contributed by atoms with Gasteiger partial charge in [-0.25, -0.2) is 4.68 Å². The van der Waals surface area contributed by atoms with Gasteiger partial charge in [-0.1, -0.05) is 11.6 Å². The molecule has 128 valence electrons. The number of phenols is 1. The van der Waals surface area contributed by atoms with Gasteiger partial charge in [-0.3, -0.25) is 15.1 Å². The maximum absolute atomic E-state index is 11.0. The van der Waals surface area contributed by atoms with Crippen molar-refractivity contribution >= 4 is 34.8 Å². The maximum atomic E-state index is 11.0. The van der Waals surface area contributed by atoms with E-state index in [-0.39, 0.29) is 10.6 Å². The van der Waals surface area contributed by atoms with Gasteiger partial charge in [0.25, 0.3) is 0 Å². The standard InChI is InChI=1S/C15H11ClN4O4S/c1-17-15-19(12(8-25-15)13-3-2-4-24-13)18-7-9-5-10(16)6-11(14(9)21)20(22)23/h2-8,21H,1H3. The highest BCUT2D eigenvalue weighted by atomic mass is 35.5. The van der Waals surface area contributed by atoms with E-state index in [0.29, 0.717) is 16.3 Å². The number of rotatable bonds is 4. The molecule has 0 aliphatic carbocycles. The Labute approximate surface area is 150 Å². The summed E-state index contributed by atoms with van der Waals surface area (Å²) in [5, 5.41) is 27.2. The van der Waals surface area contributed by atoms with Gasteiger partial charge in [-0.2, -0.15) is 5.10 Å². The third-order valence-corrected chi connectivity index (χ3v) is 4.37. The molecule has 8 nitrogen and oxygen atoms in total. The van der Waals surface area contributed by atoms with Crippen LogP contribution in [0, 0.1) is 10.1 Å². The number of hydrogen-bond donors (Lipinski definition) is 1. The number of aromatic nitrogens is 1. The van der Waals surface area contributed by atoms with Crippen LogP contribution in [0.15, 0.2) is 50.4 Å². The highest BCUT2D eigenvalue weighted by Crippen LogP contribution is 2.32. The largest absolute Gasteiger partial charge is 0.502 e. The summed E-state index contributed by atoms with van der Waals surface area (Å²) in [5.41, 5.74) is 0.282. The van der Waals surface area contributed by atoms with Gasteiger partial charge in [0.15, 0.2) is 5.76 Å². The van der Waals surface area contributed by atoms with E-state index in [0.717, 1.165) is 6.07 Å². The molecule has 3 aromatic rings. The summed E-state index contributed by atoms with van der Waals surface area (Å²) in [7, 11) is 1.62. The van der Waals surface area contributed by atoms with Crippen molar-refractivity contribution < 1.29 is 14.4 Å². The monoisotopic (exact) mass is 378 g/mol. The second-order valence-electron chi connectivity index (χ2n) is 4.78. The molecule has 1 N–H and O–H groups in total. The van der Waals surface area contributed by atoms with Gasteiger partial charge >= 0.3 is 5.69 Å². The van der Waals surface area contributed by atoms with Crippen molar-refractivity contribution in [1.29, 1.82) is 0 Å². The lowest BCUT2D eigenvalue weighted by atomic mass is 10.2. The lowest BCUT2D eigenvalue weighted by Crippen LogP contribution is -2.11. The van der Waals surface area contributed by atoms with Crippen molar-refractivity contribution in [2.24, 2.45) is 10.1 Å². The van der Waals surface area contributed by atoms with Crippen LogP contribution in [0.1, 0.15) is 5.56 Å². The molecule has 10 heteroatoms. The molecule has 0 amide bonds. The van der Waals surface area contributed by atoms with Crippen LogP contribution >= 0.6 is 22.9 Å². The van der Waals surface area contributed by atoms with Crippen LogP contribution in [0.25, 0.3) is 11.5 Å². The fourth-order valence-electron chi connectivity index (χ4n) is 2.12. The molecule has 25 heavy (non-hydrogen) atoms.